The first kappa shape index (κ1) is 20.3. The van der Waals surface area contributed by atoms with Crippen LogP contribution in [0.15, 0.2) is 61.1 Å². The number of nitrogens with zero attached hydrogens (tertiary/aromatic N) is 3. The molecule has 158 valence electrons. The zero-order chi connectivity index (χ0) is 21.8. The average molecular weight is 423 g/mol. The van der Waals surface area contributed by atoms with Crippen molar-refractivity contribution in [2.75, 3.05) is 24.3 Å². The molecule has 2 aromatic carbocycles. The minimum Gasteiger partial charge on any atom is -0.497 e. The molecule has 4 aromatic rings. The quantitative estimate of drug-likeness (QED) is 0.467. The lowest BCUT2D eigenvalue weighted by Gasteiger charge is -2.10. The van der Waals surface area contributed by atoms with Crippen LogP contribution in [-0.4, -0.2) is 33.9 Å². The van der Waals surface area contributed by atoms with Crippen LogP contribution in [0.5, 0.6) is 5.75 Å². The summed E-state index contributed by atoms with van der Waals surface area (Å²) in [6.07, 6.45) is 5.12. The maximum Gasteiger partial charge on any atom is 0.226 e. The summed E-state index contributed by atoms with van der Waals surface area (Å²) < 4.78 is 33.7. The monoisotopic (exact) mass is 423 g/mol. The maximum absolute atomic E-state index is 13.3. The number of carbonyl (C=O) groups excluding carboxylic acids is 1. The second kappa shape index (κ2) is 8.78. The van der Waals surface area contributed by atoms with E-state index in [1.54, 1.807) is 25.7 Å². The van der Waals surface area contributed by atoms with Crippen LogP contribution in [-0.2, 0) is 4.79 Å². The molecule has 0 bridgehead atoms. The number of hydrogen-bond acceptors (Lipinski definition) is 5. The second-order valence-electron chi connectivity index (χ2n) is 6.73. The summed E-state index contributed by atoms with van der Waals surface area (Å²) >= 11 is 0. The Kier molecular flexibility index (Phi) is 5.74. The lowest BCUT2D eigenvalue weighted by atomic mass is 10.1. The summed E-state index contributed by atoms with van der Waals surface area (Å²) in [6, 6.07) is 10.4. The third-order valence-electron chi connectivity index (χ3n) is 4.56. The number of anilines is 2. The van der Waals surface area contributed by atoms with Crippen molar-refractivity contribution in [3.63, 3.8) is 0 Å². The van der Waals surface area contributed by atoms with Gasteiger partial charge in [-0.1, -0.05) is 12.1 Å². The summed E-state index contributed by atoms with van der Waals surface area (Å²) in [7, 11) is 1.59. The fourth-order valence-electron chi connectivity index (χ4n) is 3.19. The second-order valence-corrected chi connectivity index (χ2v) is 6.73. The SMILES string of the molecule is COc1cccc(-c2nc3cnccn3c2NCCC(=O)Nc2cc(F)cc(F)c2)c1. The highest BCUT2D eigenvalue weighted by atomic mass is 19.1. The molecule has 7 nitrogen and oxygen atoms in total. The molecule has 4 rings (SSSR count). The van der Waals surface area contributed by atoms with E-state index in [0.717, 1.165) is 23.8 Å². The molecule has 0 aliphatic heterocycles. The Balaban J connectivity index is 1.52. The van der Waals surface area contributed by atoms with Crippen LogP contribution in [0, 0.1) is 11.6 Å². The van der Waals surface area contributed by atoms with Gasteiger partial charge in [0.25, 0.3) is 0 Å². The highest BCUT2D eigenvalue weighted by molar-refractivity contribution is 5.91. The van der Waals surface area contributed by atoms with Gasteiger partial charge in [-0.05, 0) is 24.3 Å². The zero-order valence-corrected chi connectivity index (χ0v) is 16.6. The average Bonchev–Trinajstić information content (AvgIpc) is 3.12. The largest absolute Gasteiger partial charge is 0.497 e. The highest BCUT2D eigenvalue weighted by Crippen LogP contribution is 2.30. The van der Waals surface area contributed by atoms with Gasteiger partial charge in [-0.3, -0.25) is 14.2 Å². The molecule has 0 aliphatic rings. The van der Waals surface area contributed by atoms with E-state index in [1.807, 2.05) is 28.7 Å². The summed E-state index contributed by atoms with van der Waals surface area (Å²) in [4.78, 5) is 21.0. The van der Waals surface area contributed by atoms with E-state index in [0.29, 0.717) is 22.9 Å². The molecule has 2 heterocycles. The van der Waals surface area contributed by atoms with Crippen LogP contribution in [0.4, 0.5) is 20.3 Å². The number of methoxy groups -OCH3 is 1. The highest BCUT2D eigenvalue weighted by Gasteiger charge is 2.15. The van der Waals surface area contributed by atoms with E-state index in [2.05, 4.69) is 20.6 Å². The molecule has 0 fully saturated rings. The van der Waals surface area contributed by atoms with Crippen LogP contribution < -0.4 is 15.4 Å². The Morgan fingerprint density at radius 1 is 1.16 bits per heavy atom. The number of fused-ring (bicyclic) bond motifs is 1. The number of carbonyl (C=O) groups is 1. The number of aromatic nitrogens is 3. The van der Waals surface area contributed by atoms with E-state index in [9.17, 15) is 13.6 Å². The normalized spacial score (nSPS) is 10.8. The number of hydrogen-bond donors (Lipinski definition) is 2. The predicted molar refractivity (Wildman–Crippen MR) is 113 cm³/mol. The third-order valence-corrected chi connectivity index (χ3v) is 4.56. The van der Waals surface area contributed by atoms with Gasteiger partial charge in [0.1, 0.15) is 28.9 Å². The minimum absolute atomic E-state index is 0.0699. The Morgan fingerprint density at radius 3 is 2.74 bits per heavy atom. The number of rotatable bonds is 7. The number of nitrogens with one attached hydrogen (secondary N) is 2. The Hall–Kier alpha value is -4.01. The topological polar surface area (TPSA) is 80.6 Å². The number of ether oxygens (including phenoxy) is 1. The van der Waals surface area contributed by atoms with Crippen molar-refractivity contribution in [2.24, 2.45) is 0 Å². The summed E-state index contributed by atoms with van der Waals surface area (Å²) in [5.74, 6) is -0.502. The lowest BCUT2D eigenvalue weighted by molar-refractivity contribution is -0.115. The molecule has 0 aliphatic carbocycles. The number of halogens is 2. The van der Waals surface area contributed by atoms with E-state index in [4.69, 9.17) is 4.74 Å². The predicted octanol–water partition coefficient (Wildman–Crippen LogP) is 4.12. The molecule has 0 spiro atoms. The van der Waals surface area contributed by atoms with E-state index in [-0.39, 0.29) is 24.6 Å². The van der Waals surface area contributed by atoms with Gasteiger partial charge in [0.15, 0.2) is 5.65 Å². The molecule has 2 N–H and O–H groups in total. The van der Waals surface area contributed by atoms with Crippen molar-refractivity contribution in [1.29, 1.82) is 0 Å². The van der Waals surface area contributed by atoms with Gasteiger partial charge in [0.05, 0.1) is 13.3 Å². The summed E-state index contributed by atoms with van der Waals surface area (Å²) in [5, 5.41) is 5.73. The summed E-state index contributed by atoms with van der Waals surface area (Å²) in [6.45, 7) is 0.275. The van der Waals surface area contributed by atoms with Crippen LogP contribution in [0.2, 0.25) is 0 Å². The van der Waals surface area contributed by atoms with Crippen molar-refractivity contribution in [3.8, 4) is 17.0 Å². The van der Waals surface area contributed by atoms with E-state index in [1.165, 1.54) is 0 Å². The van der Waals surface area contributed by atoms with Gasteiger partial charge < -0.3 is 15.4 Å². The lowest BCUT2D eigenvalue weighted by Crippen LogP contribution is -2.17. The Morgan fingerprint density at radius 2 is 1.97 bits per heavy atom. The first-order valence-electron chi connectivity index (χ1n) is 9.50. The van der Waals surface area contributed by atoms with Crippen molar-refractivity contribution in [2.45, 2.75) is 6.42 Å². The van der Waals surface area contributed by atoms with Gasteiger partial charge in [-0.25, -0.2) is 13.8 Å². The molecule has 0 radical (unpaired) electrons. The molecular formula is C22H19F2N5O2. The number of amides is 1. The maximum atomic E-state index is 13.3. The summed E-state index contributed by atoms with van der Waals surface area (Å²) in [5.41, 5.74) is 2.23. The molecule has 0 atom stereocenters. The number of imidazole rings is 1. The molecule has 0 saturated carbocycles. The van der Waals surface area contributed by atoms with Crippen LogP contribution in [0.1, 0.15) is 6.42 Å². The van der Waals surface area contributed by atoms with E-state index < -0.39 is 11.6 Å². The van der Waals surface area contributed by atoms with Crippen LogP contribution >= 0.6 is 0 Å². The van der Waals surface area contributed by atoms with E-state index >= 15 is 0 Å². The van der Waals surface area contributed by atoms with Crippen molar-refractivity contribution < 1.29 is 18.3 Å². The number of benzene rings is 2. The van der Waals surface area contributed by atoms with Crippen molar-refractivity contribution >= 4 is 23.1 Å². The van der Waals surface area contributed by atoms with Crippen LogP contribution in [0.25, 0.3) is 16.9 Å². The minimum atomic E-state index is -0.754. The van der Waals surface area contributed by atoms with Crippen LogP contribution in [0.3, 0.4) is 0 Å². The van der Waals surface area contributed by atoms with Crippen molar-refractivity contribution in [3.05, 3.63) is 72.7 Å². The van der Waals surface area contributed by atoms with Gasteiger partial charge in [-0.2, -0.15) is 0 Å². The zero-order valence-electron chi connectivity index (χ0n) is 16.6. The fourth-order valence-corrected chi connectivity index (χ4v) is 3.19. The first-order chi connectivity index (χ1) is 15.0. The van der Waals surface area contributed by atoms with Crippen molar-refractivity contribution in [1.82, 2.24) is 14.4 Å². The third kappa shape index (κ3) is 4.61. The molecule has 31 heavy (non-hydrogen) atoms. The molecular weight excluding hydrogens is 404 g/mol. The standard InChI is InChI=1S/C22H19F2N5O2/c1-31-18-4-2-3-14(9-18)21-22(29-8-7-25-13-19(29)28-21)26-6-5-20(30)27-17-11-15(23)10-16(24)12-17/h2-4,7-13,26H,5-6H2,1H3,(H,27,30). The Labute approximate surface area is 176 Å². The van der Waals surface area contributed by atoms with Gasteiger partial charge >= 0.3 is 0 Å². The Bertz CT molecular complexity index is 1220. The fraction of sp³-hybridized carbons (Fsp3) is 0.136. The molecule has 0 saturated heterocycles. The molecule has 0 unspecified atom stereocenters. The smallest absolute Gasteiger partial charge is 0.226 e. The first-order valence-corrected chi connectivity index (χ1v) is 9.50. The van der Waals surface area contributed by atoms with Gasteiger partial charge in [-0.15, -0.1) is 0 Å². The van der Waals surface area contributed by atoms with Gasteiger partial charge in [0.2, 0.25) is 5.91 Å². The van der Waals surface area contributed by atoms with Gasteiger partial charge in [0, 0.05) is 42.7 Å². The molecule has 1 amide bonds. The molecule has 9 heteroatoms. The molecule has 2 aromatic heterocycles.